The highest BCUT2D eigenvalue weighted by molar-refractivity contribution is 6.31. The summed E-state index contributed by atoms with van der Waals surface area (Å²) in [4.78, 5) is 48.6. The maximum Gasteiger partial charge on any atom is 0.413 e. The van der Waals surface area contributed by atoms with Gasteiger partial charge in [0.2, 0.25) is 5.91 Å². The van der Waals surface area contributed by atoms with Crippen molar-refractivity contribution in [1.82, 2.24) is 10.2 Å². The van der Waals surface area contributed by atoms with Gasteiger partial charge in [-0.2, -0.15) is 0 Å². The van der Waals surface area contributed by atoms with Crippen LogP contribution in [0.1, 0.15) is 18.9 Å². The molecule has 0 aliphatic carbocycles. The summed E-state index contributed by atoms with van der Waals surface area (Å²) in [5, 5.41) is 2.45. The minimum Gasteiger partial charge on any atom is -0.453 e. The zero-order chi connectivity index (χ0) is 19.3. The zero-order valence-electron chi connectivity index (χ0n) is 14.4. The summed E-state index contributed by atoms with van der Waals surface area (Å²) < 4.78 is 9.35. The number of ether oxygens (including phenoxy) is 2. The van der Waals surface area contributed by atoms with Gasteiger partial charge in [-0.3, -0.25) is 19.7 Å². The van der Waals surface area contributed by atoms with Crippen LogP contribution in [-0.4, -0.2) is 48.5 Å². The summed E-state index contributed by atoms with van der Waals surface area (Å²) in [6.07, 6.45) is -2.14. The first-order valence-corrected chi connectivity index (χ1v) is 8.30. The van der Waals surface area contributed by atoms with Gasteiger partial charge in [-0.05, 0) is 18.6 Å². The average molecular weight is 383 g/mol. The van der Waals surface area contributed by atoms with Crippen molar-refractivity contribution in [3.8, 4) is 0 Å². The van der Waals surface area contributed by atoms with E-state index < -0.39 is 30.0 Å². The molecule has 1 aliphatic rings. The number of hydrogen-bond acceptors (Lipinski definition) is 6. The smallest absolute Gasteiger partial charge is 0.413 e. The zero-order valence-corrected chi connectivity index (χ0v) is 15.1. The molecule has 0 saturated carbocycles. The van der Waals surface area contributed by atoms with E-state index >= 15 is 0 Å². The standard InChI is InChI=1S/C17H19ClN2O6/c1-10(15(22)19-17(24)25-2)26-16(23)12-7-14(21)20(9-12)8-11-5-3-4-6-13(11)18/h3-6,10,12H,7-9H2,1-2H3,(H,19,22,24)/t10-,12-/m0/s1. The molecule has 0 spiro atoms. The Morgan fingerprint density at radius 3 is 2.69 bits per heavy atom. The lowest BCUT2D eigenvalue weighted by Crippen LogP contribution is -2.40. The molecule has 1 saturated heterocycles. The average Bonchev–Trinajstić information content (AvgIpc) is 2.97. The molecule has 26 heavy (non-hydrogen) atoms. The van der Waals surface area contributed by atoms with Gasteiger partial charge in [-0.1, -0.05) is 29.8 Å². The van der Waals surface area contributed by atoms with Gasteiger partial charge < -0.3 is 14.4 Å². The Bertz CT molecular complexity index is 723. The summed E-state index contributed by atoms with van der Waals surface area (Å²) >= 11 is 6.09. The number of methoxy groups -OCH3 is 1. The van der Waals surface area contributed by atoms with E-state index in [9.17, 15) is 19.2 Å². The topological polar surface area (TPSA) is 102 Å². The van der Waals surface area contributed by atoms with E-state index in [1.54, 1.807) is 18.2 Å². The monoisotopic (exact) mass is 382 g/mol. The van der Waals surface area contributed by atoms with E-state index in [0.29, 0.717) is 11.6 Å². The second kappa shape index (κ2) is 8.66. The van der Waals surface area contributed by atoms with Gasteiger partial charge in [0.1, 0.15) is 0 Å². The van der Waals surface area contributed by atoms with Crippen LogP contribution in [0.3, 0.4) is 0 Å². The molecule has 140 valence electrons. The van der Waals surface area contributed by atoms with Gasteiger partial charge in [0.05, 0.1) is 13.0 Å². The summed E-state index contributed by atoms with van der Waals surface area (Å²) in [5.74, 6) is -2.35. The van der Waals surface area contributed by atoms with Gasteiger partial charge >= 0.3 is 12.1 Å². The molecule has 0 unspecified atom stereocenters. The predicted octanol–water partition coefficient (Wildman–Crippen LogP) is 1.50. The van der Waals surface area contributed by atoms with Crippen LogP contribution < -0.4 is 5.32 Å². The van der Waals surface area contributed by atoms with Crippen molar-refractivity contribution >= 4 is 35.5 Å². The van der Waals surface area contributed by atoms with Crippen molar-refractivity contribution in [2.75, 3.05) is 13.7 Å². The molecule has 2 rings (SSSR count). The van der Waals surface area contributed by atoms with Crippen molar-refractivity contribution in [2.45, 2.75) is 26.0 Å². The van der Waals surface area contributed by atoms with E-state index in [4.69, 9.17) is 16.3 Å². The van der Waals surface area contributed by atoms with Crippen molar-refractivity contribution in [3.05, 3.63) is 34.9 Å². The predicted molar refractivity (Wildman–Crippen MR) is 91.1 cm³/mol. The van der Waals surface area contributed by atoms with Crippen LogP contribution in [0.15, 0.2) is 24.3 Å². The molecule has 1 aromatic carbocycles. The van der Waals surface area contributed by atoms with E-state index in [2.05, 4.69) is 4.74 Å². The Hall–Kier alpha value is -2.61. The van der Waals surface area contributed by atoms with E-state index in [0.717, 1.165) is 12.7 Å². The van der Waals surface area contributed by atoms with Crippen molar-refractivity contribution in [3.63, 3.8) is 0 Å². The minimum absolute atomic E-state index is 0.00533. The van der Waals surface area contributed by atoms with Crippen LogP contribution in [0.4, 0.5) is 4.79 Å². The molecule has 9 heteroatoms. The van der Waals surface area contributed by atoms with Gasteiger partial charge in [-0.25, -0.2) is 4.79 Å². The Morgan fingerprint density at radius 2 is 2.04 bits per heavy atom. The Kier molecular flexibility index (Phi) is 6.57. The third-order valence-electron chi connectivity index (χ3n) is 3.94. The second-order valence-corrected chi connectivity index (χ2v) is 6.23. The number of benzene rings is 1. The Balaban J connectivity index is 1.91. The number of alkyl carbamates (subject to hydrolysis) is 1. The number of imide groups is 1. The van der Waals surface area contributed by atoms with Gasteiger partial charge in [0.15, 0.2) is 6.10 Å². The Labute approximate surface area is 155 Å². The maximum absolute atomic E-state index is 12.2. The molecular weight excluding hydrogens is 364 g/mol. The lowest BCUT2D eigenvalue weighted by atomic mass is 10.1. The van der Waals surface area contributed by atoms with Crippen molar-refractivity contribution in [1.29, 1.82) is 0 Å². The summed E-state index contributed by atoms with van der Waals surface area (Å²) in [6, 6.07) is 7.14. The summed E-state index contributed by atoms with van der Waals surface area (Å²) in [7, 11) is 1.11. The van der Waals surface area contributed by atoms with Crippen LogP contribution in [0.2, 0.25) is 5.02 Å². The normalized spacial score (nSPS) is 17.6. The largest absolute Gasteiger partial charge is 0.453 e. The molecule has 2 atom stereocenters. The molecule has 8 nitrogen and oxygen atoms in total. The lowest BCUT2D eigenvalue weighted by Gasteiger charge is -2.18. The van der Waals surface area contributed by atoms with Crippen LogP contribution in [-0.2, 0) is 30.4 Å². The first-order valence-electron chi connectivity index (χ1n) is 7.92. The minimum atomic E-state index is -1.19. The first kappa shape index (κ1) is 19.7. The lowest BCUT2D eigenvalue weighted by molar-refractivity contribution is -0.158. The number of rotatable bonds is 5. The van der Waals surface area contributed by atoms with Gasteiger partial charge in [-0.15, -0.1) is 0 Å². The highest BCUT2D eigenvalue weighted by Crippen LogP contribution is 2.24. The fourth-order valence-electron chi connectivity index (χ4n) is 2.49. The number of amides is 3. The number of nitrogens with one attached hydrogen (secondary N) is 1. The van der Waals surface area contributed by atoms with E-state index in [1.165, 1.54) is 11.8 Å². The SMILES string of the molecule is COC(=O)NC(=O)[C@H](C)OC(=O)[C@H]1CC(=O)N(Cc2ccccc2Cl)C1. The van der Waals surface area contributed by atoms with Gasteiger partial charge in [0.25, 0.3) is 5.91 Å². The number of carbonyl (C=O) groups is 4. The fraction of sp³-hybridized carbons (Fsp3) is 0.412. The van der Waals surface area contributed by atoms with E-state index in [1.807, 2.05) is 11.4 Å². The number of likely N-dealkylation sites (tertiary alicyclic amines) is 1. The summed E-state index contributed by atoms with van der Waals surface area (Å²) in [6.45, 7) is 1.79. The molecule has 3 amide bonds. The highest BCUT2D eigenvalue weighted by Gasteiger charge is 2.36. The number of halogens is 1. The number of nitrogens with zero attached hydrogens (tertiary/aromatic N) is 1. The van der Waals surface area contributed by atoms with Crippen molar-refractivity contribution in [2.24, 2.45) is 5.92 Å². The molecule has 0 bridgehead atoms. The molecular formula is C17H19ClN2O6. The van der Waals surface area contributed by atoms with Crippen LogP contribution in [0, 0.1) is 5.92 Å². The number of esters is 1. The van der Waals surface area contributed by atoms with Crippen LogP contribution in [0.25, 0.3) is 0 Å². The molecule has 0 radical (unpaired) electrons. The van der Waals surface area contributed by atoms with Crippen LogP contribution >= 0.6 is 11.6 Å². The molecule has 1 aliphatic heterocycles. The summed E-state index contributed by atoms with van der Waals surface area (Å²) in [5.41, 5.74) is 0.780. The molecule has 1 aromatic rings. The Morgan fingerprint density at radius 1 is 1.35 bits per heavy atom. The second-order valence-electron chi connectivity index (χ2n) is 5.83. The molecule has 1 fully saturated rings. The maximum atomic E-state index is 12.2. The first-order chi connectivity index (χ1) is 12.3. The molecule has 1 heterocycles. The van der Waals surface area contributed by atoms with Crippen molar-refractivity contribution < 1.29 is 28.7 Å². The number of hydrogen-bond donors (Lipinski definition) is 1. The third-order valence-corrected chi connectivity index (χ3v) is 4.31. The quantitative estimate of drug-likeness (QED) is 0.774. The fourth-order valence-corrected chi connectivity index (χ4v) is 2.69. The number of carbonyl (C=O) groups excluding carboxylic acids is 4. The van der Waals surface area contributed by atoms with E-state index in [-0.39, 0.29) is 18.9 Å². The third kappa shape index (κ3) is 4.95. The van der Waals surface area contributed by atoms with Crippen LogP contribution in [0.5, 0.6) is 0 Å². The van der Waals surface area contributed by atoms with Gasteiger partial charge in [0, 0.05) is 24.5 Å². The highest BCUT2D eigenvalue weighted by atomic mass is 35.5. The molecule has 0 aromatic heterocycles. The molecule has 1 N–H and O–H groups in total.